The van der Waals surface area contributed by atoms with E-state index in [4.69, 9.17) is 4.74 Å². The number of fused-ring (bicyclic) bond motifs is 1. The Hall–Kier alpha value is -1.05. The minimum atomic E-state index is -0.186. The lowest BCUT2D eigenvalue weighted by molar-refractivity contribution is -0.148. The summed E-state index contributed by atoms with van der Waals surface area (Å²) in [7, 11) is 1.48. The highest BCUT2D eigenvalue weighted by molar-refractivity contribution is 5.86. The molecule has 0 saturated heterocycles. The third-order valence-corrected chi connectivity index (χ3v) is 3.52. The second-order valence-corrected chi connectivity index (χ2v) is 3.77. The van der Waals surface area contributed by atoms with Crippen molar-refractivity contribution >= 4 is 5.97 Å². The number of ether oxygens (including phenoxy) is 1. The second-order valence-electron chi connectivity index (χ2n) is 3.77. The van der Waals surface area contributed by atoms with Gasteiger partial charge in [-0.15, -0.1) is 0 Å². The number of hydrogen-bond acceptors (Lipinski definition) is 2. The lowest BCUT2D eigenvalue weighted by Crippen LogP contribution is -2.23. The average Bonchev–Trinajstić information content (AvgIpc) is 2.47. The Labute approximate surface area is 70.9 Å². The number of methoxy groups -OCH3 is 1. The normalized spacial score (nSPS) is 50.9. The van der Waals surface area contributed by atoms with E-state index in [1.165, 1.54) is 7.11 Å². The first-order valence-electron chi connectivity index (χ1n) is 4.27. The summed E-state index contributed by atoms with van der Waals surface area (Å²) >= 11 is 0. The zero-order valence-electron chi connectivity index (χ0n) is 6.86. The standard InChI is InChI=1S/C10H10O2/c1-12-9(11)10-6-2-4-7(10)8(10)5-3-6/h2-8H,1H3. The molecule has 0 aromatic heterocycles. The van der Waals surface area contributed by atoms with E-state index in [1.54, 1.807) is 0 Å². The highest BCUT2D eigenvalue weighted by Crippen LogP contribution is 2.72. The van der Waals surface area contributed by atoms with Gasteiger partial charge in [-0.1, -0.05) is 24.3 Å². The van der Waals surface area contributed by atoms with Gasteiger partial charge in [0.1, 0.15) is 0 Å². The van der Waals surface area contributed by atoms with Crippen LogP contribution in [0.25, 0.3) is 0 Å². The zero-order chi connectivity index (χ0) is 8.34. The topological polar surface area (TPSA) is 26.3 Å². The molecule has 3 rings (SSSR count). The Bertz CT molecular complexity index is 294. The number of allylic oxidation sites excluding steroid dienone is 4. The molecule has 0 aromatic rings. The monoisotopic (exact) mass is 162 g/mol. The summed E-state index contributed by atoms with van der Waals surface area (Å²) in [6.45, 7) is 0. The van der Waals surface area contributed by atoms with E-state index in [9.17, 15) is 4.79 Å². The van der Waals surface area contributed by atoms with Crippen molar-refractivity contribution in [3.63, 3.8) is 0 Å². The maximum Gasteiger partial charge on any atom is 0.313 e. The van der Waals surface area contributed by atoms with Crippen molar-refractivity contribution in [2.45, 2.75) is 0 Å². The number of hydrogen-bond donors (Lipinski definition) is 0. The molecule has 2 unspecified atom stereocenters. The van der Waals surface area contributed by atoms with Crippen molar-refractivity contribution in [1.82, 2.24) is 0 Å². The molecule has 2 nitrogen and oxygen atoms in total. The van der Waals surface area contributed by atoms with Gasteiger partial charge in [0.05, 0.1) is 12.5 Å². The molecular weight excluding hydrogens is 152 g/mol. The van der Waals surface area contributed by atoms with Crippen LogP contribution >= 0.6 is 0 Å². The molecule has 0 radical (unpaired) electrons. The molecule has 3 aliphatic carbocycles. The number of rotatable bonds is 1. The van der Waals surface area contributed by atoms with Crippen LogP contribution in [0, 0.1) is 23.2 Å². The molecule has 1 fully saturated rings. The van der Waals surface area contributed by atoms with Crippen molar-refractivity contribution in [1.29, 1.82) is 0 Å². The maximum atomic E-state index is 11.5. The van der Waals surface area contributed by atoms with Crippen LogP contribution in [0.4, 0.5) is 0 Å². The minimum Gasteiger partial charge on any atom is -0.469 e. The van der Waals surface area contributed by atoms with Gasteiger partial charge in [0.15, 0.2) is 0 Å². The largest absolute Gasteiger partial charge is 0.469 e. The van der Waals surface area contributed by atoms with Crippen LogP contribution in [0.1, 0.15) is 0 Å². The molecule has 1 saturated carbocycles. The predicted octanol–water partition coefficient (Wildman–Crippen LogP) is 1.15. The first-order chi connectivity index (χ1) is 5.81. The van der Waals surface area contributed by atoms with Gasteiger partial charge in [-0.25, -0.2) is 0 Å². The Morgan fingerprint density at radius 2 is 1.83 bits per heavy atom. The van der Waals surface area contributed by atoms with Gasteiger partial charge < -0.3 is 4.74 Å². The lowest BCUT2D eigenvalue weighted by atomic mass is 9.93. The van der Waals surface area contributed by atoms with Crippen molar-refractivity contribution < 1.29 is 9.53 Å². The van der Waals surface area contributed by atoms with E-state index in [0.29, 0.717) is 17.8 Å². The summed E-state index contributed by atoms with van der Waals surface area (Å²) < 4.78 is 4.84. The van der Waals surface area contributed by atoms with Gasteiger partial charge in [-0.05, 0) is 0 Å². The molecular formula is C10H10O2. The zero-order valence-corrected chi connectivity index (χ0v) is 6.86. The molecule has 62 valence electrons. The van der Waals surface area contributed by atoms with E-state index in [0.717, 1.165) is 0 Å². The van der Waals surface area contributed by atoms with Crippen LogP contribution < -0.4 is 0 Å². The van der Waals surface area contributed by atoms with Crippen LogP contribution in [-0.2, 0) is 9.53 Å². The third kappa shape index (κ3) is 0.414. The van der Waals surface area contributed by atoms with Crippen LogP contribution in [0.2, 0.25) is 0 Å². The van der Waals surface area contributed by atoms with E-state index < -0.39 is 0 Å². The van der Waals surface area contributed by atoms with Crippen molar-refractivity contribution in [2.24, 2.45) is 23.2 Å². The highest BCUT2D eigenvalue weighted by atomic mass is 16.5. The van der Waals surface area contributed by atoms with E-state index >= 15 is 0 Å². The molecule has 0 aliphatic heterocycles. The molecule has 0 aromatic carbocycles. The van der Waals surface area contributed by atoms with Crippen molar-refractivity contribution in [3.8, 4) is 0 Å². The summed E-state index contributed by atoms with van der Waals surface area (Å²) in [4.78, 5) is 11.5. The van der Waals surface area contributed by atoms with Gasteiger partial charge in [0.2, 0.25) is 0 Å². The quantitative estimate of drug-likeness (QED) is 0.427. The predicted molar refractivity (Wildman–Crippen MR) is 43.2 cm³/mol. The average molecular weight is 162 g/mol. The fourth-order valence-corrected chi connectivity index (χ4v) is 2.91. The third-order valence-electron chi connectivity index (χ3n) is 3.52. The van der Waals surface area contributed by atoms with E-state index in [1.807, 2.05) is 0 Å². The first-order valence-corrected chi connectivity index (χ1v) is 4.27. The van der Waals surface area contributed by atoms with Crippen LogP contribution in [0.5, 0.6) is 0 Å². The molecule has 2 heteroatoms. The highest BCUT2D eigenvalue weighted by Gasteiger charge is 2.75. The summed E-state index contributed by atoms with van der Waals surface area (Å²) in [5.74, 6) is 1.18. The minimum absolute atomic E-state index is 0.0301. The first kappa shape index (κ1) is 6.46. The molecule has 0 amide bonds. The molecule has 0 heterocycles. The van der Waals surface area contributed by atoms with Crippen LogP contribution in [0.15, 0.2) is 24.3 Å². The van der Waals surface area contributed by atoms with Crippen molar-refractivity contribution in [2.75, 3.05) is 7.11 Å². The summed E-state index contributed by atoms with van der Waals surface area (Å²) in [5, 5.41) is 0. The molecule has 3 aliphatic rings. The number of carbonyl (C=O) groups is 1. The fraction of sp³-hybridized carbons (Fsp3) is 0.500. The Kier molecular flexibility index (Phi) is 0.891. The molecule has 0 bridgehead atoms. The van der Waals surface area contributed by atoms with Gasteiger partial charge in [-0.2, -0.15) is 0 Å². The summed E-state index contributed by atoms with van der Waals surface area (Å²) in [5.41, 5.74) is -0.186. The molecule has 12 heavy (non-hydrogen) atoms. The molecule has 0 N–H and O–H groups in total. The van der Waals surface area contributed by atoms with Crippen molar-refractivity contribution in [3.05, 3.63) is 24.3 Å². The second kappa shape index (κ2) is 1.65. The summed E-state index contributed by atoms with van der Waals surface area (Å²) in [6, 6.07) is 0. The van der Waals surface area contributed by atoms with E-state index in [2.05, 4.69) is 24.3 Å². The van der Waals surface area contributed by atoms with E-state index in [-0.39, 0.29) is 11.4 Å². The SMILES string of the molecule is COC(=O)C12C3C=CC1C2C=C3. The number of carbonyl (C=O) groups excluding carboxylic acids is 1. The van der Waals surface area contributed by atoms with Crippen LogP contribution in [-0.4, -0.2) is 13.1 Å². The smallest absolute Gasteiger partial charge is 0.313 e. The number of esters is 1. The van der Waals surface area contributed by atoms with Gasteiger partial charge in [-0.3, -0.25) is 4.79 Å². The Morgan fingerprint density at radius 3 is 2.25 bits per heavy atom. The van der Waals surface area contributed by atoms with Gasteiger partial charge in [0.25, 0.3) is 0 Å². The Balaban J connectivity index is 2.04. The van der Waals surface area contributed by atoms with Gasteiger partial charge >= 0.3 is 5.97 Å². The Morgan fingerprint density at radius 1 is 1.25 bits per heavy atom. The fourth-order valence-electron chi connectivity index (χ4n) is 2.91. The summed E-state index contributed by atoms with van der Waals surface area (Å²) in [6.07, 6.45) is 8.57. The van der Waals surface area contributed by atoms with Gasteiger partial charge in [0, 0.05) is 17.8 Å². The molecule has 2 atom stereocenters. The lowest BCUT2D eigenvalue weighted by Gasteiger charge is -2.13. The van der Waals surface area contributed by atoms with Crippen LogP contribution in [0.3, 0.4) is 0 Å². The molecule has 0 spiro atoms. The maximum absolute atomic E-state index is 11.5.